The molecule has 1 aromatic heterocycles. The van der Waals surface area contributed by atoms with Crippen LogP contribution in [0.25, 0.3) is 0 Å². The standard InChI is InChI=1S/C13H19NOS/c1-12(2,3)11(15)14-9-13(6-7-13)10-5-4-8-16-10/h4-5,8H,6-7,9H2,1-3H3,(H,14,15). The molecule has 1 heterocycles. The van der Waals surface area contributed by atoms with Gasteiger partial charge in [0.2, 0.25) is 5.91 Å². The molecule has 1 N–H and O–H groups in total. The smallest absolute Gasteiger partial charge is 0.225 e. The third-order valence-electron chi connectivity index (χ3n) is 3.17. The Balaban J connectivity index is 1.94. The van der Waals surface area contributed by atoms with Gasteiger partial charge in [0, 0.05) is 22.3 Å². The number of thiophene rings is 1. The molecule has 0 spiro atoms. The summed E-state index contributed by atoms with van der Waals surface area (Å²) in [5.74, 6) is 0.148. The van der Waals surface area contributed by atoms with Crippen molar-refractivity contribution < 1.29 is 4.79 Å². The van der Waals surface area contributed by atoms with Crippen LogP contribution in [-0.2, 0) is 10.2 Å². The monoisotopic (exact) mass is 237 g/mol. The SMILES string of the molecule is CC(C)(C)C(=O)NCC1(c2cccs2)CC1. The summed E-state index contributed by atoms with van der Waals surface area (Å²) in [4.78, 5) is 13.2. The van der Waals surface area contributed by atoms with Crippen LogP contribution in [-0.4, -0.2) is 12.5 Å². The van der Waals surface area contributed by atoms with Crippen molar-refractivity contribution in [1.82, 2.24) is 5.32 Å². The van der Waals surface area contributed by atoms with E-state index in [1.165, 1.54) is 17.7 Å². The number of rotatable bonds is 3. The minimum absolute atomic E-state index is 0.148. The maximum Gasteiger partial charge on any atom is 0.225 e. The zero-order chi connectivity index (χ0) is 11.8. The van der Waals surface area contributed by atoms with Crippen LogP contribution in [0.4, 0.5) is 0 Å². The highest BCUT2D eigenvalue weighted by Crippen LogP contribution is 2.49. The molecule has 0 aliphatic heterocycles. The molecule has 2 nitrogen and oxygen atoms in total. The molecule has 0 radical (unpaired) electrons. The molecular formula is C13H19NOS. The van der Waals surface area contributed by atoms with E-state index in [0.717, 1.165) is 6.54 Å². The summed E-state index contributed by atoms with van der Waals surface area (Å²) in [5.41, 5.74) is -0.0272. The van der Waals surface area contributed by atoms with Crippen molar-refractivity contribution in [2.45, 2.75) is 39.0 Å². The lowest BCUT2D eigenvalue weighted by atomic mass is 9.95. The number of hydrogen-bond donors (Lipinski definition) is 1. The van der Waals surface area contributed by atoms with Crippen molar-refractivity contribution in [1.29, 1.82) is 0 Å². The average molecular weight is 237 g/mol. The molecule has 16 heavy (non-hydrogen) atoms. The lowest BCUT2D eigenvalue weighted by Gasteiger charge is -2.21. The molecule has 1 aliphatic rings. The highest BCUT2D eigenvalue weighted by Gasteiger charge is 2.45. The van der Waals surface area contributed by atoms with Crippen molar-refractivity contribution >= 4 is 17.2 Å². The molecular weight excluding hydrogens is 218 g/mol. The fourth-order valence-electron chi connectivity index (χ4n) is 1.76. The van der Waals surface area contributed by atoms with Crippen molar-refractivity contribution in [3.63, 3.8) is 0 Å². The van der Waals surface area contributed by atoms with Gasteiger partial charge in [-0.2, -0.15) is 0 Å². The van der Waals surface area contributed by atoms with Gasteiger partial charge in [-0.25, -0.2) is 0 Å². The summed E-state index contributed by atoms with van der Waals surface area (Å²) in [6, 6.07) is 4.27. The minimum atomic E-state index is -0.286. The first kappa shape index (κ1) is 11.6. The van der Waals surface area contributed by atoms with E-state index in [1.807, 2.05) is 20.8 Å². The number of nitrogens with one attached hydrogen (secondary N) is 1. The summed E-state index contributed by atoms with van der Waals surface area (Å²) in [6.45, 7) is 6.65. The Labute approximate surface area is 101 Å². The predicted octanol–water partition coefficient (Wildman–Crippen LogP) is 2.94. The first-order valence-corrected chi connectivity index (χ1v) is 6.64. The molecule has 0 aromatic carbocycles. The van der Waals surface area contributed by atoms with E-state index < -0.39 is 0 Å². The van der Waals surface area contributed by atoms with E-state index >= 15 is 0 Å². The van der Waals surface area contributed by atoms with Gasteiger partial charge in [-0.1, -0.05) is 26.8 Å². The predicted molar refractivity (Wildman–Crippen MR) is 67.7 cm³/mol. The molecule has 1 fully saturated rings. The van der Waals surface area contributed by atoms with Crippen LogP contribution >= 0.6 is 11.3 Å². The summed E-state index contributed by atoms with van der Waals surface area (Å²) in [5, 5.41) is 5.19. The minimum Gasteiger partial charge on any atom is -0.355 e. The highest BCUT2D eigenvalue weighted by molar-refractivity contribution is 7.10. The molecule has 0 unspecified atom stereocenters. The number of carbonyl (C=O) groups is 1. The molecule has 1 saturated carbocycles. The van der Waals surface area contributed by atoms with Gasteiger partial charge in [-0.3, -0.25) is 4.79 Å². The number of amides is 1. The van der Waals surface area contributed by atoms with Crippen LogP contribution < -0.4 is 5.32 Å². The second kappa shape index (κ2) is 3.88. The Bertz CT molecular complexity index is 371. The molecule has 1 aliphatic carbocycles. The summed E-state index contributed by atoms with van der Waals surface area (Å²) >= 11 is 1.80. The molecule has 0 atom stereocenters. The summed E-state index contributed by atoms with van der Waals surface area (Å²) in [7, 11) is 0. The van der Waals surface area contributed by atoms with Gasteiger partial charge in [-0.05, 0) is 24.3 Å². The van der Waals surface area contributed by atoms with E-state index in [9.17, 15) is 4.79 Å². The fourth-order valence-corrected chi connectivity index (χ4v) is 2.74. The zero-order valence-electron chi connectivity index (χ0n) is 10.2. The lowest BCUT2D eigenvalue weighted by Crippen LogP contribution is -2.39. The Morgan fingerprint density at radius 2 is 2.19 bits per heavy atom. The molecule has 88 valence electrons. The van der Waals surface area contributed by atoms with Crippen LogP contribution in [0.3, 0.4) is 0 Å². The Morgan fingerprint density at radius 1 is 1.50 bits per heavy atom. The van der Waals surface area contributed by atoms with Crippen LogP contribution in [0.1, 0.15) is 38.5 Å². The molecule has 1 amide bonds. The summed E-state index contributed by atoms with van der Waals surface area (Å²) < 4.78 is 0. The molecule has 0 bridgehead atoms. The van der Waals surface area contributed by atoms with Gasteiger partial charge in [0.05, 0.1) is 0 Å². The maximum absolute atomic E-state index is 11.8. The van der Waals surface area contributed by atoms with Crippen molar-refractivity contribution in [2.24, 2.45) is 5.41 Å². The Kier molecular flexibility index (Phi) is 2.82. The lowest BCUT2D eigenvalue weighted by molar-refractivity contribution is -0.128. The van der Waals surface area contributed by atoms with Crippen LogP contribution in [0.2, 0.25) is 0 Å². The average Bonchev–Trinajstić information content (AvgIpc) is 2.77. The largest absolute Gasteiger partial charge is 0.355 e. The van der Waals surface area contributed by atoms with E-state index in [0.29, 0.717) is 0 Å². The normalized spacial score (nSPS) is 18.2. The first-order chi connectivity index (χ1) is 7.44. The van der Waals surface area contributed by atoms with E-state index in [4.69, 9.17) is 0 Å². The van der Waals surface area contributed by atoms with Crippen molar-refractivity contribution in [3.05, 3.63) is 22.4 Å². The fraction of sp³-hybridized carbons (Fsp3) is 0.615. The van der Waals surface area contributed by atoms with Gasteiger partial charge in [-0.15, -0.1) is 11.3 Å². The van der Waals surface area contributed by atoms with Crippen LogP contribution in [0.15, 0.2) is 17.5 Å². The second-order valence-electron chi connectivity index (χ2n) is 5.69. The van der Waals surface area contributed by atoms with Crippen LogP contribution in [0.5, 0.6) is 0 Å². The Hall–Kier alpha value is -0.830. The molecule has 2 rings (SSSR count). The highest BCUT2D eigenvalue weighted by atomic mass is 32.1. The molecule has 1 aromatic rings. The van der Waals surface area contributed by atoms with Gasteiger partial charge in [0.15, 0.2) is 0 Å². The van der Waals surface area contributed by atoms with Crippen LogP contribution in [0, 0.1) is 5.41 Å². The van der Waals surface area contributed by atoms with Crippen molar-refractivity contribution in [2.75, 3.05) is 6.54 Å². The molecule has 3 heteroatoms. The van der Waals surface area contributed by atoms with E-state index in [-0.39, 0.29) is 16.7 Å². The van der Waals surface area contributed by atoms with E-state index in [1.54, 1.807) is 11.3 Å². The third-order valence-corrected chi connectivity index (χ3v) is 4.28. The second-order valence-corrected chi connectivity index (χ2v) is 6.64. The maximum atomic E-state index is 11.8. The van der Waals surface area contributed by atoms with Gasteiger partial charge < -0.3 is 5.32 Å². The first-order valence-electron chi connectivity index (χ1n) is 5.76. The summed E-state index contributed by atoms with van der Waals surface area (Å²) in [6.07, 6.45) is 2.41. The van der Waals surface area contributed by atoms with Gasteiger partial charge in [0.1, 0.15) is 0 Å². The number of carbonyl (C=O) groups excluding carboxylic acids is 1. The Morgan fingerprint density at radius 3 is 2.62 bits per heavy atom. The van der Waals surface area contributed by atoms with E-state index in [2.05, 4.69) is 22.8 Å². The topological polar surface area (TPSA) is 29.1 Å². The van der Waals surface area contributed by atoms with Gasteiger partial charge >= 0.3 is 0 Å². The third kappa shape index (κ3) is 2.29. The zero-order valence-corrected chi connectivity index (χ0v) is 11.0. The van der Waals surface area contributed by atoms with Gasteiger partial charge in [0.25, 0.3) is 0 Å². The quantitative estimate of drug-likeness (QED) is 0.860. The number of hydrogen-bond acceptors (Lipinski definition) is 2. The molecule has 0 saturated heterocycles. The van der Waals surface area contributed by atoms with Crippen molar-refractivity contribution in [3.8, 4) is 0 Å².